The number of halogens is 2. The van der Waals surface area contributed by atoms with Gasteiger partial charge in [0, 0.05) is 11.8 Å². The van der Waals surface area contributed by atoms with Gasteiger partial charge in [0.05, 0.1) is 24.0 Å². The summed E-state index contributed by atoms with van der Waals surface area (Å²) < 4.78 is 5.39. The Kier molecular flexibility index (Phi) is 35.4. The first-order valence-electron chi connectivity index (χ1n) is 19.7. The fraction of sp³-hybridized carbons (Fsp3) is 0.762. The lowest BCUT2D eigenvalue weighted by molar-refractivity contribution is -0.167. The minimum Gasteiger partial charge on any atom is -0.393 e. The maximum Gasteiger partial charge on any atom is 0.316 e. The summed E-state index contributed by atoms with van der Waals surface area (Å²) in [4.78, 5) is 26.2. The molecule has 49 heavy (non-hydrogen) atoms. The van der Waals surface area contributed by atoms with Crippen LogP contribution in [-0.2, 0) is 14.3 Å². The molecular weight excluding hydrogens is 655 g/mol. The van der Waals surface area contributed by atoms with Crippen LogP contribution in [0.2, 0.25) is 0 Å². The predicted octanol–water partition coefficient (Wildman–Crippen LogP) is 12.1. The van der Waals surface area contributed by atoms with Crippen LogP contribution in [0.3, 0.4) is 0 Å². The van der Waals surface area contributed by atoms with Crippen molar-refractivity contribution in [2.75, 3.05) is 11.8 Å². The molecule has 0 rings (SSSR count). The van der Waals surface area contributed by atoms with E-state index in [-0.39, 0.29) is 24.6 Å². The number of aliphatic hydroxyl groups excluding tert-OH is 2. The Morgan fingerprint density at radius 1 is 0.510 bits per heavy atom. The van der Waals surface area contributed by atoms with Crippen LogP contribution in [0.5, 0.6) is 0 Å². The molecule has 2 N–H and O–H groups in total. The van der Waals surface area contributed by atoms with Gasteiger partial charge < -0.3 is 14.9 Å². The number of esters is 2. The second kappa shape index (κ2) is 36.4. The molecule has 0 aliphatic rings. The summed E-state index contributed by atoms with van der Waals surface area (Å²) in [7, 11) is 0. The lowest BCUT2D eigenvalue weighted by Crippen LogP contribution is -2.30. The number of carbonyl (C=O) groups excluding carboxylic acids is 2. The van der Waals surface area contributed by atoms with Gasteiger partial charge in [-0.05, 0) is 89.9 Å². The number of unbranched alkanes of at least 4 members (excludes halogenated alkanes) is 14. The van der Waals surface area contributed by atoms with Gasteiger partial charge in [0.1, 0.15) is 0 Å². The zero-order chi connectivity index (χ0) is 36.2. The largest absolute Gasteiger partial charge is 0.393 e. The standard InChI is InChI=1S/C42H72Cl2O5/c1-3-5-7-9-11-13-15-17-19-21-23-25-27-29-31-37(33-39(45)35-43)41(47)49-42(48)38(34-40(46)36-44)32-30-28-26-24-22-20-18-16-14-12-10-8-6-4-2/h11-14,17-20,37-40,45-46H,3-10,15-16,21-36H2,1-2H3/b13-11-,14-12-,19-17-,20-18-. The molecule has 0 aliphatic heterocycles. The Labute approximate surface area is 311 Å². The molecule has 0 saturated heterocycles. The molecular formula is C42H72Cl2O5. The van der Waals surface area contributed by atoms with Crippen molar-refractivity contribution in [2.45, 2.75) is 180 Å². The van der Waals surface area contributed by atoms with E-state index >= 15 is 0 Å². The first kappa shape index (κ1) is 47.6. The highest BCUT2D eigenvalue weighted by molar-refractivity contribution is 6.18. The number of carbonyl (C=O) groups is 2. The third-order valence-electron chi connectivity index (χ3n) is 8.84. The number of hydrogen-bond donors (Lipinski definition) is 2. The maximum absolute atomic E-state index is 13.1. The molecule has 0 heterocycles. The van der Waals surface area contributed by atoms with E-state index < -0.39 is 36.0 Å². The van der Waals surface area contributed by atoms with Crippen LogP contribution in [0.1, 0.15) is 168 Å². The molecule has 4 unspecified atom stereocenters. The summed E-state index contributed by atoms with van der Waals surface area (Å²) in [6, 6.07) is 0. The van der Waals surface area contributed by atoms with Crippen molar-refractivity contribution in [1.82, 2.24) is 0 Å². The van der Waals surface area contributed by atoms with Gasteiger partial charge in [0.15, 0.2) is 0 Å². The second-order valence-electron chi connectivity index (χ2n) is 13.6. The molecule has 4 atom stereocenters. The normalized spacial score (nSPS) is 14.7. The highest BCUT2D eigenvalue weighted by Gasteiger charge is 2.29. The van der Waals surface area contributed by atoms with Crippen LogP contribution in [-0.4, -0.2) is 46.1 Å². The molecule has 0 bridgehead atoms. The molecule has 0 radical (unpaired) electrons. The fourth-order valence-corrected chi connectivity index (χ4v) is 6.02. The van der Waals surface area contributed by atoms with Crippen molar-refractivity contribution in [3.05, 3.63) is 48.6 Å². The van der Waals surface area contributed by atoms with Crippen molar-refractivity contribution < 1.29 is 24.5 Å². The van der Waals surface area contributed by atoms with Gasteiger partial charge in [0.25, 0.3) is 0 Å². The zero-order valence-electron chi connectivity index (χ0n) is 31.2. The van der Waals surface area contributed by atoms with Crippen LogP contribution in [0.15, 0.2) is 48.6 Å². The van der Waals surface area contributed by atoms with Gasteiger partial charge >= 0.3 is 11.9 Å². The number of hydrogen-bond acceptors (Lipinski definition) is 5. The van der Waals surface area contributed by atoms with Crippen molar-refractivity contribution in [1.29, 1.82) is 0 Å². The monoisotopic (exact) mass is 726 g/mol. The minimum atomic E-state index is -0.837. The quantitative estimate of drug-likeness (QED) is 0.0227. The topological polar surface area (TPSA) is 83.8 Å². The van der Waals surface area contributed by atoms with Crippen molar-refractivity contribution in [3.8, 4) is 0 Å². The van der Waals surface area contributed by atoms with Gasteiger partial charge in [-0.2, -0.15) is 0 Å². The number of alkyl halides is 2. The van der Waals surface area contributed by atoms with E-state index in [2.05, 4.69) is 62.5 Å². The van der Waals surface area contributed by atoms with E-state index in [0.717, 1.165) is 77.0 Å². The molecule has 0 aliphatic carbocycles. The second-order valence-corrected chi connectivity index (χ2v) is 14.2. The van der Waals surface area contributed by atoms with Crippen LogP contribution in [0.25, 0.3) is 0 Å². The minimum absolute atomic E-state index is 0.0223. The van der Waals surface area contributed by atoms with Crippen molar-refractivity contribution in [3.63, 3.8) is 0 Å². The Hall–Kier alpha value is -1.40. The Morgan fingerprint density at radius 3 is 1.16 bits per heavy atom. The molecule has 0 aromatic rings. The van der Waals surface area contributed by atoms with E-state index in [0.29, 0.717) is 12.8 Å². The Bertz CT molecular complexity index is 814. The summed E-state index contributed by atoms with van der Waals surface area (Å²) in [5.41, 5.74) is 0. The number of ether oxygens (including phenoxy) is 1. The molecule has 0 amide bonds. The van der Waals surface area contributed by atoms with Gasteiger partial charge in [-0.1, -0.05) is 127 Å². The highest BCUT2D eigenvalue weighted by atomic mass is 35.5. The number of allylic oxidation sites excluding steroid dienone is 8. The average molecular weight is 728 g/mol. The average Bonchev–Trinajstić information content (AvgIpc) is 3.10. The predicted molar refractivity (Wildman–Crippen MR) is 210 cm³/mol. The third-order valence-corrected chi connectivity index (χ3v) is 9.56. The third kappa shape index (κ3) is 31.1. The first-order chi connectivity index (χ1) is 23.9. The summed E-state index contributed by atoms with van der Waals surface area (Å²) >= 11 is 11.7. The van der Waals surface area contributed by atoms with Crippen molar-refractivity contribution >= 4 is 35.1 Å². The van der Waals surface area contributed by atoms with E-state index in [1.165, 1.54) is 51.4 Å². The molecule has 5 nitrogen and oxygen atoms in total. The van der Waals surface area contributed by atoms with Gasteiger partial charge in [-0.15, -0.1) is 23.2 Å². The van der Waals surface area contributed by atoms with Crippen LogP contribution >= 0.6 is 23.2 Å². The smallest absolute Gasteiger partial charge is 0.316 e. The van der Waals surface area contributed by atoms with E-state index in [9.17, 15) is 19.8 Å². The Morgan fingerprint density at radius 2 is 0.837 bits per heavy atom. The molecule has 0 saturated carbocycles. The fourth-order valence-electron chi connectivity index (χ4n) is 5.76. The van der Waals surface area contributed by atoms with Crippen LogP contribution in [0.4, 0.5) is 0 Å². The van der Waals surface area contributed by atoms with Crippen LogP contribution < -0.4 is 0 Å². The lowest BCUT2D eigenvalue weighted by Gasteiger charge is -2.21. The summed E-state index contributed by atoms with van der Waals surface area (Å²) in [5, 5.41) is 20.4. The molecule has 7 heteroatoms. The van der Waals surface area contributed by atoms with Gasteiger partial charge in [-0.3, -0.25) is 9.59 Å². The van der Waals surface area contributed by atoms with Crippen LogP contribution in [0, 0.1) is 11.8 Å². The SMILES string of the molecule is CCCCC/C=C\C/C=C\CCCCCCC(CC(O)CCl)C(=O)OC(=O)C(CCCCCC/C=C\C/C=C\CCCCC)CC(O)CCl. The van der Waals surface area contributed by atoms with Crippen molar-refractivity contribution in [2.24, 2.45) is 11.8 Å². The molecule has 0 aromatic heterocycles. The Balaban J connectivity index is 4.58. The number of rotatable bonds is 34. The number of aliphatic hydroxyl groups is 2. The summed E-state index contributed by atoms with van der Waals surface area (Å²) in [6.45, 7) is 4.45. The molecule has 0 aromatic carbocycles. The first-order valence-corrected chi connectivity index (χ1v) is 20.8. The lowest BCUT2D eigenvalue weighted by atomic mass is 9.93. The highest BCUT2D eigenvalue weighted by Crippen LogP contribution is 2.23. The van der Waals surface area contributed by atoms with Gasteiger partial charge in [-0.25, -0.2) is 0 Å². The van der Waals surface area contributed by atoms with E-state index in [4.69, 9.17) is 27.9 Å². The van der Waals surface area contributed by atoms with E-state index in [1.54, 1.807) is 0 Å². The maximum atomic E-state index is 13.1. The molecule has 0 fully saturated rings. The molecule has 0 spiro atoms. The van der Waals surface area contributed by atoms with Gasteiger partial charge in [0.2, 0.25) is 0 Å². The zero-order valence-corrected chi connectivity index (χ0v) is 32.7. The molecule has 284 valence electrons. The summed E-state index contributed by atoms with van der Waals surface area (Å²) in [6.07, 6.45) is 39.6. The van der Waals surface area contributed by atoms with E-state index in [1.807, 2.05) is 0 Å². The summed E-state index contributed by atoms with van der Waals surface area (Å²) in [5.74, 6) is -2.35.